The van der Waals surface area contributed by atoms with Gasteiger partial charge in [0.1, 0.15) is 5.75 Å². The number of nitrogens with one attached hydrogen (secondary N) is 2. The van der Waals surface area contributed by atoms with Crippen molar-refractivity contribution in [2.75, 3.05) is 11.9 Å². The van der Waals surface area contributed by atoms with E-state index < -0.39 is 5.91 Å². The molecule has 5 nitrogen and oxygen atoms in total. The zero-order chi connectivity index (χ0) is 16.8. The molecule has 0 aliphatic heterocycles. The van der Waals surface area contributed by atoms with E-state index in [0.29, 0.717) is 5.56 Å². The first-order chi connectivity index (χ1) is 11.0. The molecule has 2 aromatic rings. The van der Waals surface area contributed by atoms with Crippen LogP contribution in [0.4, 0.5) is 5.69 Å². The summed E-state index contributed by atoms with van der Waals surface area (Å²) < 4.78 is 0. The Balaban J connectivity index is 2.21. The quantitative estimate of drug-likeness (QED) is 0.736. The van der Waals surface area contributed by atoms with Crippen LogP contribution in [0.2, 0.25) is 5.02 Å². The molecule has 0 atom stereocenters. The largest absolute Gasteiger partial charge is 0.507 e. The normalized spacial score (nSPS) is 9.96. The summed E-state index contributed by atoms with van der Waals surface area (Å²) in [5, 5.41) is 15.3. The van der Waals surface area contributed by atoms with Gasteiger partial charge in [0.2, 0.25) is 0 Å². The van der Waals surface area contributed by atoms with Crippen LogP contribution in [0, 0.1) is 0 Å². The van der Waals surface area contributed by atoms with Crippen LogP contribution in [-0.2, 0) is 0 Å². The van der Waals surface area contributed by atoms with Gasteiger partial charge in [-0.25, -0.2) is 0 Å². The molecule has 0 radical (unpaired) electrons. The van der Waals surface area contributed by atoms with Crippen molar-refractivity contribution in [3.8, 4) is 5.75 Å². The minimum absolute atomic E-state index is 0.0227. The van der Waals surface area contributed by atoms with Crippen LogP contribution in [0.5, 0.6) is 5.75 Å². The predicted octanol–water partition coefficient (Wildman–Crippen LogP) is 3.21. The van der Waals surface area contributed by atoms with E-state index in [4.69, 9.17) is 11.6 Å². The van der Waals surface area contributed by atoms with E-state index in [2.05, 4.69) is 17.2 Å². The second-order valence-corrected chi connectivity index (χ2v) is 5.08. The van der Waals surface area contributed by atoms with Crippen LogP contribution in [-0.4, -0.2) is 23.5 Å². The van der Waals surface area contributed by atoms with E-state index in [9.17, 15) is 14.7 Å². The number of hydrogen-bond acceptors (Lipinski definition) is 3. The Hall–Kier alpha value is -2.79. The molecule has 0 aliphatic carbocycles. The molecular weight excluding hydrogens is 316 g/mol. The number of anilines is 1. The molecule has 0 saturated heterocycles. The van der Waals surface area contributed by atoms with Crippen molar-refractivity contribution in [1.29, 1.82) is 0 Å². The zero-order valence-corrected chi connectivity index (χ0v) is 12.9. The molecule has 0 heterocycles. The Labute approximate surface area is 138 Å². The summed E-state index contributed by atoms with van der Waals surface area (Å²) in [6, 6.07) is 11.1. The van der Waals surface area contributed by atoms with E-state index in [-0.39, 0.29) is 34.5 Å². The topological polar surface area (TPSA) is 78.4 Å². The fraction of sp³-hybridized carbons (Fsp3) is 0.0588. The van der Waals surface area contributed by atoms with Gasteiger partial charge in [0.05, 0.1) is 16.3 Å². The lowest BCUT2D eigenvalue weighted by atomic mass is 10.1. The lowest BCUT2D eigenvalue weighted by molar-refractivity contribution is 0.0954. The Morgan fingerprint density at radius 2 is 1.87 bits per heavy atom. The summed E-state index contributed by atoms with van der Waals surface area (Å²) in [4.78, 5) is 24.0. The molecule has 2 amide bonds. The zero-order valence-electron chi connectivity index (χ0n) is 12.2. The third-order valence-corrected chi connectivity index (χ3v) is 3.33. The van der Waals surface area contributed by atoms with Crippen molar-refractivity contribution in [3.05, 3.63) is 71.3 Å². The van der Waals surface area contributed by atoms with E-state index in [1.54, 1.807) is 30.3 Å². The molecule has 118 valence electrons. The lowest BCUT2D eigenvalue weighted by Crippen LogP contribution is -2.23. The van der Waals surface area contributed by atoms with Crippen molar-refractivity contribution in [2.24, 2.45) is 0 Å². The number of phenols is 1. The Kier molecular flexibility index (Phi) is 5.38. The molecule has 0 saturated carbocycles. The number of carbonyl (C=O) groups is 2. The highest BCUT2D eigenvalue weighted by Gasteiger charge is 2.16. The van der Waals surface area contributed by atoms with Gasteiger partial charge in [-0.2, -0.15) is 0 Å². The summed E-state index contributed by atoms with van der Waals surface area (Å²) in [6.45, 7) is 3.76. The fourth-order valence-electron chi connectivity index (χ4n) is 1.88. The smallest absolute Gasteiger partial charge is 0.255 e. The maximum Gasteiger partial charge on any atom is 0.255 e. The van der Waals surface area contributed by atoms with Crippen LogP contribution in [0.1, 0.15) is 20.7 Å². The molecule has 0 bridgehead atoms. The van der Waals surface area contributed by atoms with Crippen LogP contribution in [0.25, 0.3) is 0 Å². The number of rotatable bonds is 5. The number of hydrogen-bond donors (Lipinski definition) is 3. The van der Waals surface area contributed by atoms with Crippen LogP contribution >= 0.6 is 11.6 Å². The van der Waals surface area contributed by atoms with Gasteiger partial charge in [-0.3, -0.25) is 9.59 Å². The van der Waals surface area contributed by atoms with Gasteiger partial charge < -0.3 is 15.7 Å². The molecule has 3 N–H and O–H groups in total. The average Bonchev–Trinajstić information content (AvgIpc) is 2.56. The van der Waals surface area contributed by atoms with Gasteiger partial charge in [-0.05, 0) is 18.2 Å². The molecule has 0 fully saturated rings. The average molecular weight is 331 g/mol. The number of phenolic OH excluding ortho intramolecular Hbond substituents is 1. The molecule has 0 aromatic heterocycles. The maximum atomic E-state index is 12.1. The molecule has 2 rings (SSSR count). The Bertz CT molecular complexity index is 745. The highest BCUT2D eigenvalue weighted by atomic mass is 35.5. The van der Waals surface area contributed by atoms with Crippen molar-refractivity contribution < 1.29 is 14.7 Å². The predicted molar refractivity (Wildman–Crippen MR) is 90.0 cm³/mol. The molecular formula is C17H15ClN2O3. The molecule has 0 spiro atoms. The number of halogens is 1. The molecule has 2 aromatic carbocycles. The van der Waals surface area contributed by atoms with Gasteiger partial charge in [0.25, 0.3) is 11.8 Å². The molecule has 23 heavy (non-hydrogen) atoms. The van der Waals surface area contributed by atoms with E-state index in [1.807, 2.05) is 0 Å². The highest BCUT2D eigenvalue weighted by Crippen LogP contribution is 2.30. The summed E-state index contributed by atoms with van der Waals surface area (Å²) in [6.07, 6.45) is 1.52. The van der Waals surface area contributed by atoms with Gasteiger partial charge in [0, 0.05) is 18.2 Å². The molecule has 0 unspecified atom stereocenters. The lowest BCUT2D eigenvalue weighted by Gasteiger charge is -2.11. The first-order valence-electron chi connectivity index (χ1n) is 6.81. The summed E-state index contributed by atoms with van der Waals surface area (Å²) in [5.74, 6) is -1.12. The monoisotopic (exact) mass is 330 g/mol. The van der Waals surface area contributed by atoms with Gasteiger partial charge in [0.15, 0.2) is 0 Å². The fourth-order valence-corrected chi connectivity index (χ4v) is 2.09. The third kappa shape index (κ3) is 4.11. The third-order valence-electron chi connectivity index (χ3n) is 3.02. The van der Waals surface area contributed by atoms with Crippen molar-refractivity contribution in [1.82, 2.24) is 5.32 Å². The number of benzene rings is 2. The minimum Gasteiger partial charge on any atom is -0.507 e. The minimum atomic E-state index is -0.481. The van der Waals surface area contributed by atoms with E-state index >= 15 is 0 Å². The van der Waals surface area contributed by atoms with Gasteiger partial charge >= 0.3 is 0 Å². The number of amides is 2. The number of carbonyl (C=O) groups excluding carboxylic acids is 2. The van der Waals surface area contributed by atoms with Crippen LogP contribution < -0.4 is 10.6 Å². The van der Waals surface area contributed by atoms with Gasteiger partial charge in [-0.15, -0.1) is 6.58 Å². The molecule has 0 aliphatic rings. The first-order valence-corrected chi connectivity index (χ1v) is 7.18. The summed E-state index contributed by atoms with van der Waals surface area (Å²) >= 11 is 6.09. The number of aromatic hydroxyl groups is 1. The van der Waals surface area contributed by atoms with Crippen molar-refractivity contribution >= 4 is 29.1 Å². The summed E-state index contributed by atoms with van der Waals surface area (Å²) in [5.41, 5.74) is 0.698. The second-order valence-electron chi connectivity index (χ2n) is 4.67. The second kappa shape index (κ2) is 7.47. The van der Waals surface area contributed by atoms with Crippen LogP contribution in [0.3, 0.4) is 0 Å². The summed E-state index contributed by atoms with van der Waals surface area (Å²) in [7, 11) is 0. The standard InChI is InChI=1S/C17H15ClN2O3/c1-2-8-19-17(23)12-9-13(18)14(10-15(12)21)20-16(22)11-6-4-3-5-7-11/h2-7,9-10,21H,1,8H2,(H,19,23)(H,20,22). The first kappa shape index (κ1) is 16.6. The SMILES string of the molecule is C=CCNC(=O)c1cc(Cl)c(NC(=O)c2ccccc2)cc1O. The van der Waals surface area contributed by atoms with E-state index in [1.165, 1.54) is 18.2 Å². The Morgan fingerprint density at radius 1 is 1.17 bits per heavy atom. The Morgan fingerprint density at radius 3 is 2.52 bits per heavy atom. The molecule has 6 heteroatoms. The van der Waals surface area contributed by atoms with Crippen LogP contribution in [0.15, 0.2) is 55.1 Å². The highest BCUT2D eigenvalue weighted by molar-refractivity contribution is 6.34. The van der Waals surface area contributed by atoms with Gasteiger partial charge in [-0.1, -0.05) is 35.9 Å². The van der Waals surface area contributed by atoms with E-state index in [0.717, 1.165) is 0 Å². The van der Waals surface area contributed by atoms with Crippen molar-refractivity contribution in [3.63, 3.8) is 0 Å². The van der Waals surface area contributed by atoms with Crippen molar-refractivity contribution in [2.45, 2.75) is 0 Å². The maximum absolute atomic E-state index is 12.1.